The maximum atomic E-state index is 11.8. The topological polar surface area (TPSA) is 26.3 Å². The number of aryl methyl sites for hydroxylation is 2. The summed E-state index contributed by atoms with van der Waals surface area (Å²) in [4.78, 5) is 11.8. The van der Waals surface area contributed by atoms with E-state index in [0.717, 1.165) is 11.1 Å². The molecule has 0 aliphatic rings. The molecule has 0 aromatic heterocycles. The van der Waals surface area contributed by atoms with E-state index < -0.39 is 0 Å². The minimum absolute atomic E-state index is 0.0151. The lowest BCUT2D eigenvalue weighted by atomic mass is 10.0. The van der Waals surface area contributed by atoms with Gasteiger partial charge < -0.3 is 4.74 Å². The van der Waals surface area contributed by atoms with Crippen LogP contribution in [0, 0.1) is 13.8 Å². The molecule has 0 amide bonds. The monoisotopic (exact) mass is 240 g/mol. The zero-order valence-corrected chi connectivity index (χ0v) is 10.9. The van der Waals surface area contributed by atoms with E-state index in [1.54, 1.807) is 0 Å². The molecule has 0 bridgehead atoms. The minimum Gasteiger partial charge on any atom is -0.490 e. The Morgan fingerprint density at radius 1 is 1.31 bits per heavy atom. The van der Waals surface area contributed by atoms with Crippen LogP contribution in [0.15, 0.2) is 12.1 Å². The number of hydrogen-bond acceptors (Lipinski definition) is 2. The normalized spacial score (nSPS) is 10.6. The van der Waals surface area contributed by atoms with Gasteiger partial charge in [0, 0.05) is 0 Å². The standard InChI is InChI=1S/C13H17ClO2/c1-8(2)16-13-10(4)6-5-9(3)12(13)11(15)7-14/h5-6,8H,7H2,1-4H3. The van der Waals surface area contributed by atoms with Gasteiger partial charge in [-0.3, -0.25) is 4.79 Å². The Morgan fingerprint density at radius 2 is 1.88 bits per heavy atom. The zero-order valence-electron chi connectivity index (χ0n) is 10.1. The number of Topliss-reactive ketones (excluding diaryl/α,β-unsaturated/α-hetero) is 1. The molecular formula is C13H17ClO2. The van der Waals surface area contributed by atoms with Crippen LogP contribution in [-0.2, 0) is 0 Å². The highest BCUT2D eigenvalue weighted by atomic mass is 35.5. The molecule has 0 aliphatic carbocycles. The lowest BCUT2D eigenvalue weighted by molar-refractivity contribution is 0.101. The van der Waals surface area contributed by atoms with Crippen molar-refractivity contribution in [2.24, 2.45) is 0 Å². The SMILES string of the molecule is Cc1ccc(C)c(C(=O)CCl)c1OC(C)C. The Labute approximate surface area is 102 Å². The second kappa shape index (κ2) is 5.35. The van der Waals surface area contributed by atoms with Crippen molar-refractivity contribution in [3.63, 3.8) is 0 Å². The number of ketones is 1. The van der Waals surface area contributed by atoms with Crippen molar-refractivity contribution in [2.75, 3.05) is 5.88 Å². The fraction of sp³-hybridized carbons (Fsp3) is 0.462. The zero-order chi connectivity index (χ0) is 12.3. The summed E-state index contributed by atoms with van der Waals surface area (Å²) in [6.07, 6.45) is 0.0439. The van der Waals surface area contributed by atoms with Gasteiger partial charge in [-0.05, 0) is 38.8 Å². The predicted octanol–water partition coefficient (Wildman–Crippen LogP) is 3.51. The van der Waals surface area contributed by atoms with Crippen LogP contribution in [0.2, 0.25) is 0 Å². The van der Waals surface area contributed by atoms with Gasteiger partial charge in [-0.25, -0.2) is 0 Å². The highest BCUT2D eigenvalue weighted by molar-refractivity contribution is 6.31. The Balaban J connectivity index is 3.31. The number of benzene rings is 1. The van der Waals surface area contributed by atoms with Crippen molar-refractivity contribution in [3.8, 4) is 5.75 Å². The molecular weight excluding hydrogens is 224 g/mol. The molecule has 0 radical (unpaired) electrons. The van der Waals surface area contributed by atoms with E-state index in [-0.39, 0.29) is 17.8 Å². The maximum Gasteiger partial charge on any atom is 0.181 e. The molecule has 1 aromatic carbocycles. The third-order valence-electron chi connectivity index (χ3n) is 2.32. The first kappa shape index (κ1) is 13.0. The van der Waals surface area contributed by atoms with E-state index >= 15 is 0 Å². The molecule has 2 nitrogen and oxygen atoms in total. The van der Waals surface area contributed by atoms with E-state index in [0.29, 0.717) is 11.3 Å². The van der Waals surface area contributed by atoms with Crippen LogP contribution in [0.1, 0.15) is 35.3 Å². The van der Waals surface area contributed by atoms with Gasteiger partial charge in [0.05, 0.1) is 17.5 Å². The van der Waals surface area contributed by atoms with Crippen LogP contribution in [0.25, 0.3) is 0 Å². The van der Waals surface area contributed by atoms with Crippen LogP contribution in [-0.4, -0.2) is 17.8 Å². The Morgan fingerprint density at radius 3 is 2.38 bits per heavy atom. The highest BCUT2D eigenvalue weighted by Gasteiger charge is 2.17. The molecule has 0 aliphatic heterocycles. The third-order valence-corrected chi connectivity index (χ3v) is 2.56. The van der Waals surface area contributed by atoms with Crippen molar-refractivity contribution in [3.05, 3.63) is 28.8 Å². The molecule has 0 saturated carbocycles. The fourth-order valence-electron chi connectivity index (χ4n) is 1.59. The van der Waals surface area contributed by atoms with Crippen LogP contribution in [0.5, 0.6) is 5.75 Å². The van der Waals surface area contributed by atoms with Crippen LogP contribution in [0.4, 0.5) is 0 Å². The molecule has 0 fully saturated rings. The summed E-state index contributed by atoms with van der Waals surface area (Å²) < 4.78 is 5.70. The Kier molecular flexibility index (Phi) is 4.36. The van der Waals surface area contributed by atoms with Gasteiger partial charge in [0.2, 0.25) is 0 Å². The molecule has 0 N–H and O–H groups in total. The van der Waals surface area contributed by atoms with Crippen LogP contribution >= 0.6 is 11.6 Å². The molecule has 1 rings (SSSR count). The van der Waals surface area contributed by atoms with E-state index in [2.05, 4.69) is 0 Å². The molecule has 0 spiro atoms. The lowest BCUT2D eigenvalue weighted by Gasteiger charge is -2.17. The van der Waals surface area contributed by atoms with Gasteiger partial charge in [-0.1, -0.05) is 12.1 Å². The summed E-state index contributed by atoms with van der Waals surface area (Å²) in [5.74, 6) is 0.567. The quantitative estimate of drug-likeness (QED) is 0.595. The van der Waals surface area contributed by atoms with Crippen molar-refractivity contribution >= 4 is 17.4 Å². The first-order chi connectivity index (χ1) is 7.47. The average Bonchev–Trinajstić information content (AvgIpc) is 2.22. The van der Waals surface area contributed by atoms with Crippen LogP contribution in [0.3, 0.4) is 0 Å². The van der Waals surface area contributed by atoms with Crippen molar-refractivity contribution < 1.29 is 9.53 Å². The number of carbonyl (C=O) groups is 1. The van der Waals surface area contributed by atoms with Gasteiger partial charge in [0.1, 0.15) is 5.75 Å². The molecule has 16 heavy (non-hydrogen) atoms. The van der Waals surface area contributed by atoms with Gasteiger partial charge in [0.25, 0.3) is 0 Å². The van der Waals surface area contributed by atoms with Gasteiger partial charge in [-0.2, -0.15) is 0 Å². The highest BCUT2D eigenvalue weighted by Crippen LogP contribution is 2.28. The Bertz CT molecular complexity index is 397. The van der Waals surface area contributed by atoms with E-state index in [4.69, 9.17) is 16.3 Å². The second-order valence-electron chi connectivity index (χ2n) is 4.13. The fourth-order valence-corrected chi connectivity index (χ4v) is 1.72. The largest absolute Gasteiger partial charge is 0.490 e. The number of halogens is 1. The second-order valence-corrected chi connectivity index (χ2v) is 4.39. The van der Waals surface area contributed by atoms with Gasteiger partial charge in [0.15, 0.2) is 5.78 Å². The number of hydrogen-bond donors (Lipinski definition) is 0. The van der Waals surface area contributed by atoms with Gasteiger partial charge >= 0.3 is 0 Å². The molecule has 3 heteroatoms. The summed E-state index contributed by atoms with van der Waals surface area (Å²) in [5, 5.41) is 0. The minimum atomic E-state index is -0.0847. The number of rotatable bonds is 4. The van der Waals surface area contributed by atoms with E-state index in [1.165, 1.54) is 0 Å². The lowest BCUT2D eigenvalue weighted by Crippen LogP contribution is -2.13. The van der Waals surface area contributed by atoms with Crippen molar-refractivity contribution in [1.82, 2.24) is 0 Å². The Hall–Kier alpha value is -1.02. The molecule has 1 aromatic rings. The molecule has 0 unspecified atom stereocenters. The summed E-state index contributed by atoms with van der Waals surface area (Å²) in [7, 11) is 0. The average molecular weight is 241 g/mol. The van der Waals surface area contributed by atoms with E-state index in [1.807, 2.05) is 39.8 Å². The van der Waals surface area contributed by atoms with Crippen molar-refractivity contribution in [2.45, 2.75) is 33.8 Å². The molecule has 0 saturated heterocycles. The number of alkyl halides is 1. The molecule has 88 valence electrons. The molecule has 0 atom stereocenters. The summed E-state index contributed by atoms with van der Waals surface area (Å²) in [6.45, 7) is 7.71. The number of carbonyl (C=O) groups excluding carboxylic acids is 1. The first-order valence-corrected chi connectivity index (χ1v) is 5.86. The first-order valence-electron chi connectivity index (χ1n) is 5.33. The molecule has 0 heterocycles. The van der Waals surface area contributed by atoms with Crippen LogP contribution < -0.4 is 4.74 Å². The summed E-state index contributed by atoms with van der Waals surface area (Å²) >= 11 is 5.61. The van der Waals surface area contributed by atoms with Crippen molar-refractivity contribution in [1.29, 1.82) is 0 Å². The third kappa shape index (κ3) is 2.76. The maximum absolute atomic E-state index is 11.8. The number of ether oxygens (including phenoxy) is 1. The van der Waals surface area contributed by atoms with E-state index in [9.17, 15) is 4.79 Å². The summed E-state index contributed by atoms with van der Waals surface area (Å²) in [5.41, 5.74) is 2.49. The predicted molar refractivity (Wildman–Crippen MR) is 66.7 cm³/mol. The summed E-state index contributed by atoms with van der Waals surface area (Å²) in [6, 6.07) is 3.88. The smallest absolute Gasteiger partial charge is 0.181 e. The van der Waals surface area contributed by atoms with Gasteiger partial charge in [-0.15, -0.1) is 11.6 Å².